The average Bonchev–Trinajstić information content (AvgIpc) is 2.39. The van der Waals surface area contributed by atoms with Crippen molar-refractivity contribution in [2.45, 2.75) is 26.5 Å². The molecule has 0 amide bonds. The third-order valence-corrected chi connectivity index (χ3v) is 3.29. The first-order chi connectivity index (χ1) is 9.06. The van der Waals surface area contributed by atoms with E-state index in [2.05, 4.69) is 31.2 Å². The molecular weight excluding hydrogens is 258 g/mol. The van der Waals surface area contributed by atoms with Crippen LogP contribution in [0.5, 0.6) is 5.75 Å². The molecule has 1 atom stereocenters. The van der Waals surface area contributed by atoms with E-state index in [4.69, 9.17) is 22.1 Å². The summed E-state index contributed by atoms with van der Waals surface area (Å²) in [6.45, 7) is 4.50. The van der Waals surface area contributed by atoms with Gasteiger partial charge < -0.3 is 10.5 Å². The highest BCUT2D eigenvalue weighted by molar-refractivity contribution is 6.32. The highest BCUT2D eigenvalue weighted by Crippen LogP contribution is 2.28. The number of hydrogen-bond acceptors (Lipinski definition) is 2. The molecule has 2 N–H and O–H groups in total. The van der Waals surface area contributed by atoms with Crippen molar-refractivity contribution >= 4 is 11.6 Å². The molecule has 0 aliphatic rings. The van der Waals surface area contributed by atoms with Crippen LogP contribution in [0.3, 0.4) is 0 Å². The van der Waals surface area contributed by atoms with Gasteiger partial charge in [0, 0.05) is 6.04 Å². The largest absolute Gasteiger partial charge is 0.487 e. The summed E-state index contributed by atoms with van der Waals surface area (Å²) in [5.74, 6) is 0.687. The highest BCUT2D eigenvalue weighted by atomic mass is 35.5. The zero-order chi connectivity index (χ0) is 13.8. The Morgan fingerprint density at radius 3 is 2.42 bits per heavy atom. The van der Waals surface area contributed by atoms with E-state index in [1.807, 2.05) is 25.1 Å². The maximum absolute atomic E-state index is 6.18. The lowest BCUT2D eigenvalue weighted by Gasteiger charge is -2.11. The molecule has 0 aliphatic heterocycles. The van der Waals surface area contributed by atoms with Gasteiger partial charge in [0.05, 0.1) is 5.02 Å². The van der Waals surface area contributed by atoms with Crippen LogP contribution < -0.4 is 10.5 Å². The van der Waals surface area contributed by atoms with Crippen LogP contribution in [-0.2, 0) is 6.61 Å². The number of benzene rings is 2. The van der Waals surface area contributed by atoms with Crippen LogP contribution in [0.15, 0.2) is 42.5 Å². The fraction of sp³-hybridized carbons (Fsp3) is 0.250. The topological polar surface area (TPSA) is 35.2 Å². The average molecular weight is 276 g/mol. The third-order valence-electron chi connectivity index (χ3n) is 3.00. The summed E-state index contributed by atoms with van der Waals surface area (Å²) in [6, 6.07) is 13.9. The first-order valence-electron chi connectivity index (χ1n) is 6.29. The molecule has 19 heavy (non-hydrogen) atoms. The fourth-order valence-electron chi connectivity index (χ4n) is 1.76. The van der Waals surface area contributed by atoms with E-state index in [1.54, 1.807) is 0 Å². The Bertz CT molecular complexity index is 549. The lowest BCUT2D eigenvalue weighted by Crippen LogP contribution is -2.05. The Labute approximate surface area is 119 Å². The maximum Gasteiger partial charge on any atom is 0.138 e. The summed E-state index contributed by atoms with van der Waals surface area (Å²) < 4.78 is 5.72. The van der Waals surface area contributed by atoms with Crippen LogP contribution in [0.1, 0.15) is 29.7 Å². The smallest absolute Gasteiger partial charge is 0.138 e. The van der Waals surface area contributed by atoms with E-state index < -0.39 is 0 Å². The molecule has 2 aromatic rings. The standard InChI is InChI=1S/C16H18ClNO/c1-11-3-5-13(6-4-11)10-19-16-8-7-14(12(2)18)9-15(16)17/h3-9,12H,10,18H2,1-2H3/t12-/m0/s1. The van der Waals surface area contributed by atoms with Crippen LogP contribution in [0.4, 0.5) is 0 Å². The number of halogens is 1. The number of rotatable bonds is 4. The van der Waals surface area contributed by atoms with Gasteiger partial charge in [-0.25, -0.2) is 0 Å². The van der Waals surface area contributed by atoms with Crippen LogP contribution in [0.2, 0.25) is 5.02 Å². The van der Waals surface area contributed by atoms with E-state index >= 15 is 0 Å². The van der Waals surface area contributed by atoms with Crippen molar-refractivity contribution in [2.24, 2.45) is 5.73 Å². The fourth-order valence-corrected chi connectivity index (χ4v) is 2.01. The van der Waals surface area contributed by atoms with E-state index in [9.17, 15) is 0 Å². The van der Waals surface area contributed by atoms with Crippen LogP contribution in [-0.4, -0.2) is 0 Å². The number of hydrogen-bond donors (Lipinski definition) is 1. The molecule has 3 heteroatoms. The minimum absolute atomic E-state index is 0.0244. The van der Waals surface area contributed by atoms with Gasteiger partial charge in [0.2, 0.25) is 0 Å². The predicted molar refractivity (Wildman–Crippen MR) is 79.6 cm³/mol. The second-order valence-electron chi connectivity index (χ2n) is 4.75. The van der Waals surface area contributed by atoms with Crippen molar-refractivity contribution in [1.82, 2.24) is 0 Å². The number of nitrogens with two attached hydrogens (primary N) is 1. The molecule has 0 fully saturated rings. The molecule has 0 radical (unpaired) electrons. The Morgan fingerprint density at radius 1 is 1.16 bits per heavy atom. The second kappa shape index (κ2) is 6.09. The Kier molecular flexibility index (Phi) is 4.46. The third kappa shape index (κ3) is 3.72. The molecule has 100 valence electrons. The quantitative estimate of drug-likeness (QED) is 0.905. The van der Waals surface area contributed by atoms with Crippen molar-refractivity contribution in [3.63, 3.8) is 0 Å². The van der Waals surface area contributed by atoms with Gasteiger partial charge in [-0.15, -0.1) is 0 Å². The minimum atomic E-state index is -0.0244. The second-order valence-corrected chi connectivity index (χ2v) is 5.16. The predicted octanol–water partition coefficient (Wildman–Crippen LogP) is 4.25. The Balaban J connectivity index is 2.05. The highest BCUT2D eigenvalue weighted by Gasteiger charge is 2.06. The molecule has 0 saturated heterocycles. The van der Waals surface area contributed by atoms with Crippen LogP contribution in [0.25, 0.3) is 0 Å². The number of ether oxygens (including phenoxy) is 1. The summed E-state index contributed by atoms with van der Waals surface area (Å²) in [5, 5.41) is 0.599. The molecule has 0 aliphatic carbocycles. The van der Waals surface area contributed by atoms with Crippen molar-refractivity contribution < 1.29 is 4.74 Å². The summed E-state index contributed by atoms with van der Waals surface area (Å²) in [5.41, 5.74) is 9.18. The summed E-state index contributed by atoms with van der Waals surface area (Å²) >= 11 is 6.18. The van der Waals surface area contributed by atoms with E-state index in [1.165, 1.54) is 5.56 Å². The molecular formula is C16H18ClNO. The van der Waals surface area contributed by atoms with Gasteiger partial charge in [-0.1, -0.05) is 47.5 Å². The monoisotopic (exact) mass is 275 g/mol. The van der Waals surface area contributed by atoms with Gasteiger partial charge in [-0.05, 0) is 37.1 Å². The van der Waals surface area contributed by atoms with Crippen molar-refractivity contribution in [3.05, 3.63) is 64.2 Å². The lowest BCUT2D eigenvalue weighted by atomic mass is 10.1. The first-order valence-corrected chi connectivity index (χ1v) is 6.67. The van der Waals surface area contributed by atoms with Gasteiger partial charge in [0.25, 0.3) is 0 Å². The lowest BCUT2D eigenvalue weighted by molar-refractivity contribution is 0.306. The minimum Gasteiger partial charge on any atom is -0.487 e. The van der Waals surface area contributed by atoms with E-state index in [0.717, 1.165) is 11.1 Å². The summed E-state index contributed by atoms with van der Waals surface area (Å²) in [6.07, 6.45) is 0. The molecule has 0 spiro atoms. The van der Waals surface area contributed by atoms with Gasteiger partial charge in [-0.3, -0.25) is 0 Å². The van der Waals surface area contributed by atoms with Gasteiger partial charge in [-0.2, -0.15) is 0 Å². The van der Waals surface area contributed by atoms with Crippen molar-refractivity contribution in [2.75, 3.05) is 0 Å². The molecule has 2 nitrogen and oxygen atoms in total. The zero-order valence-corrected chi connectivity index (χ0v) is 11.9. The van der Waals surface area contributed by atoms with E-state index in [-0.39, 0.29) is 6.04 Å². The molecule has 2 rings (SSSR count). The summed E-state index contributed by atoms with van der Waals surface area (Å²) in [4.78, 5) is 0. The molecule has 0 bridgehead atoms. The van der Waals surface area contributed by atoms with Crippen molar-refractivity contribution in [1.29, 1.82) is 0 Å². The van der Waals surface area contributed by atoms with Gasteiger partial charge in [0.1, 0.15) is 12.4 Å². The molecule has 0 aromatic heterocycles. The van der Waals surface area contributed by atoms with Crippen LogP contribution >= 0.6 is 11.6 Å². The van der Waals surface area contributed by atoms with Gasteiger partial charge in [0.15, 0.2) is 0 Å². The Hall–Kier alpha value is -1.51. The maximum atomic E-state index is 6.18. The van der Waals surface area contributed by atoms with Crippen molar-refractivity contribution in [3.8, 4) is 5.75 Å². The summed E-state index contributed by atoms with van der Waals surface area (Å²) in [7, 11) is 0. The number of aryl methyl sites for hydroxylation is 1. The SMILES string of the molecule is Cc1ccc(COc2ccc([C@H](C)N)cc2Cl)cc1. The molecule has 0 unspecified atom stereocenters. The normalized spacial score (nSPS) is 12.2. The molecule has 0 saturated carbocycles. The molecule has 0 heterocycles. The van der Waals surface area contributed by atoms with Gasteiger partial charge >= 0.3 is 0 Å². The Morgan fingerprint density at radius 2 is 1.84 bits per heavy atom. The molecule has 2 aromatic carbocycles. The zero-order valence-electron chi connectivity index (χ0n) is 11.2. The van der Waals surface area contributed by atoms with E-state index in [0.29, 0.717) is 17.4 Å². The van der Waals surface area contributed by atoms with Crippen LogP contribution in [0, 0.1) is 6.92 Å². The first kappa shape index (κ1) is 13.9.